The molecule has 0 amide bonds. The van der Waals surface area contributed by atoms with E-state index in [9.17, 15) is 4.39 Å². The average Bonchev–Trinajstić information content (AvgIpc) is 2.08. The van der Waals surface area contributed by atoms with Gasteiger partial charge in [-0.1, -0.05) is 11.6 Å². The smallest absolute Gasteiger partial charge is 0.128 e. The Morgan fingerprint density at radius 1 is 1.50 bits per heavy atom. The molecular weight excluding hydrogens is 177 g/mol. The van der Waals surface area contributed by atoms with Crippen molar-refractivity contribution in [3.63, 3.8) is 0 Å². The molecule has 66 valence electrons. The van der Waals surface area contributed by atoms with E-state index >= 15 is 0 Å². The zero-order valence-corrected chi connectivity index (χ0v) is 7.82. The number of nitrogens with one attached hydrogen (secondary N) is 1. The maximum absolute atomic E-state index is 13.1. The van der Waals surface area contributed by atoms with Gasteiger partial charge < -0.3 is 5.32 Å². The van der Waals surface area contributed by atoms with Crippen LogP contribution in [0.2, 0.25) is 5.02 Å². The highest BCUT2D eigenvalue weighted by Crippen LogP contribution is 2.20. The van der Waals surface area contributed by atoms with E-state index in [1.54, 1.807) is 19.2 Å². The van der Waals surface area contributed by atoms with E-state index in [0.29, 0.717) is 10.6 Å². The van der Waals surface area contributed by atoms with E-state index in [1.165, 1.54) is 6.07 Å². The Balaban J connectivity index is 3.04. The molecule has 0 aliphatic heterocycles. The molecule has 1 aromatic carbocycles. The van der Waals surface area contributed by atoms with E-state index in [2.05, 4.69) is 5.32 Å². The van der Waals surface area contributed by atoms with Gasteiger partial charge in [-0.2, -0.15) is 0 Å². The van der Waals surface area contributed by atoms with Crippen LogP contribution < -0.4 is 5.32 Å². The van der Waals surface area contributed by atoms with Gasteiger partial charge in [0, 0.05) is 16.6 Å². The summed E-state index contributed by atoms with van der Waals surface area (Å²) in [7, 11) is 1.78. The lowest BCUT2D eigenvalue weighted by atomic mass is 10.1. The molecule has 0 heterocycles. The fourth-order valence-corrected chi connectivity index (χ4v) is 1.18. The first-order chi connectivity index (χ1) is 5.65. The summed E-state index contributed by atoms with van der Waals surface area (Å²) in [5.41, 5.74) is 0.602. The molecule has 0 fully saturated rings. The Hall–Kier alpha value is -0.600. The van der Waals surface area contributed by atoms with Crippen LogP contribution in [0, 0.1) is 5.82 Å². The van der Waals surface area contributed by atoms with Gasteiger partial charge in [-0.05, 0) is 32.2 Å². The molecule has 1 aromatic rings. The van der Waals surface area contributed by atoms with Crippen molar-refractivity contribution in [3.05, 3.63) is 34.6 Å². The van der Waals surface area contributed by atoms with E-state index in [-0.39, 0.29) is 11.9 Å². The second-order valence-corrected chi connectivity index (χ2v) is 3.11. The molecule has 1 rings (SSSR count). The maximum Gasteiger partial charge on any atom is 0.128 e. The van der Waals surface area contributed by atoms with E-state index in [1.807, 2.05) is 6.92 Å². The predicted octanol–water partition coefficient (Wildman–Crippen LogP) is 2.76. The van der Waals surface area contributed by atoms with Crippen molar-refractivity contribution < 1.29 is 4.39 Å². The van der Waals surface area contributed by atoms with Gasteiger partial charge in [-0.25, -0.2) is 4.39 Å². The number of benzene rings is 1. The van der Waals surface area contributed by atoms with Crippen LogP contribution in [0.5, 0.6) is 0 Å². The number of halogens is 2. The molecule has 0 saturated heterocycles. The van der Waals surface area contributed by atoms with Crippen LogP contribution in [0.1, 0.15) is 18.5 Å². The normalized spacial score (nSPS) is 13.0. The number of rotatable bonds is 2. The Bertz CT molecular complexity index is 275. The second kappa shape index (κ2) is 3.87. The van der Waals surface area contributed by atoms with Gasteiger partial charge in [-0.15, -0.1) is 0 Å². The largest absolute Gasteiger partial charge is 0.313 e. The Kier molecular flexibility index (Phi) is 3.06. The SMILES string of the molecule is CN[C@H](C)c1cc(Cl)ccc1F. The Labute approximate surface area is 76.5 Å². The quantitative estimate of drug-likeness (QED) is 0.751. The first kappa shape index (κ1) is 9.49. The summed E-state index contributed by atoms with van der Waals surface area (Å²) >= 11 is 5.72. The summed E-state index contributed by atoms with van der Waals surface area (Å²) < 4.78 is 13.1. The molecule has 1 N–H and O–H groups in total. The van der Waals surface area contributed by atoms with Crippen molar-refractivity contribution in [1.29, 1.82) is 0 Å². The van der Waals surface area contributed by atoms with E-state index in [4.69, 9.17) is 11.6 Å². The van der Waals surface area contributed by atoms with Gasteiger partial charge >= 0.3 is 0 Å². The molecule has 3 heteroatoms. The summed E-state index contributed by atoms with van der Waals surface area (Å²) in [5.74, 6) is -0.221. The Morgan fingerprint density at radius 2 is 2.17 bits per heavy atom. The van der Waals surface area contributed by atoms with Crippen LogP contribution in [-0.4, -0.2) is 7.05 Å². The molecule has 12 heavy (non-hydrogen) atoms. The maximum atomic E-state index is 13.1. The fraction of sp³-hybridized carbons (Fsp3) is 0.333. The van der Waals surface area contributed by atoms with Gasteiger partial charge in [0.1, 0.15) is 5.82 Å². The third-order valence-electron chi connectivity index (χ3n) is 1.86. The molecule has 1 atom stereocenters. The minimum absolute atomic E-state index is 0.0105. The first-order valence-electron chi connectivity index (χ1n) is 3.77. The lowest BCUT2D eigenvalue weighted by Gasteiger charge is -2.11. The van der Waals surface area contributed by atoms with Crippen molar-refractivity contribution in [2.24, 2.45) is 0 Å². The third kappa shape index (κ3) is 1.96. The number of hydrogen-bond donors (Lipinski definition) is 1. The second-order valence-electron chi connectivity index (χ2n) is 2.68. The monoisotopic (exact) mass is 187 g/mol. The molecule has 0 spiro atoms. The summed E-state index contributed by atoms with van der Waals surface area (Å²) in [5, 5.41) is 3.51. The molecule has 0 radical (unpaired) electrons. The highest BCUT2D eigenvalue weighted by Gasteiger charge is 2.08. The van der Waals surface area contributed by atoms with Crippen molar-refractivity contribution in [2.45, 2.75) is 13.0 Å². The average molecular weight is 188 g/mol. The molecule has 0 unspecified atom stereocenters. The zero-order chi connectivity index (χ0) is 9.14. The highest BCUT2D eigenvalue weighted by atomic mass is 35.5. The van der Waals surface area contributed by atoms with Crippen molar-refractivity contribution in [1.82, 2.24) is 5.32 Å². The molecule has 1 nitrogen and oxygen atoms in total. The third-order valence-corrected chi connectivity index (χ3v) is 2.09. The lowest BCUT2D eigenvalue weighted by molar-refractivity contribution is 0.562. The fourth-order valence-electron chi connectivity index (χ4n) is 1.00. The molecular formula is C9H11ClFN. The standard InChI is InChI=1S/C9H11ClFN/c1-6(12-2)8-5-7(10)3-4-9(8)11/h3-6,12H,1-2H3/t6-/m1/s1. The molecule has 0 bridgehead atoms. The highest BCUT2D eigenvalue weighted by molar-refractivity contribution is 6.30. The molecule has 0 aromatic heterocycles. The van der Waals surface area contributed by atoms with E-state index < -0.39 is 0 Å². The van der Waals surface area contributed by atoms with Gasteiger partial charge in [0.25, 0.3) is 0 Å². The van der Waals surface area contributed by atoms with Crippen molar-refractivity contribution in [3.8, 4) is 0 Å². The van der Waals surface area contributed by atoms with Crippen molar-refractivity contribution in [2.75, 3.05) is 7.05 Å². The summed E-state index contributed by atoms with van der Waals surface area (Å²) in [6.45, 7) is 1.88. The summed E-state index contributed by atoms with van der Waals surface area (Å²) in [4.78, 5) is 0. The lowest BCUT2D eigenvalue weighted by Crippen LogP contribution is -2.13. The summed E-state index contributed by atoms with van der Waals surface area (Å²) in [6, 6.07) is 4.55. The first-order valence-corrected chi connectivity index (χ1v) is 4.15. The van der Waals surface area contributed by atoms with Gasteiger partial charge in [0.05, 0.1) is 0 Å². The van der Waals surface area contributed by atoms with Crippen LogP contribution in [0.15, 0.2) is 18.2 Å². The Morgan fingerprint density at radius 3 is 2.75 bits per heavy atom. The van der Waals surface area contributed by atoms with Crippen LogP contribution in [-0.2, 0) is 0 Å². The minimum atomic E-state index is -0.221. The number of hydrogen-bond acceptors (Lipinski definition) is 1. The zero-order valence-electron chi connectivity index (χ0n) is 7.07. The molecule has 0 aliphatic carbocycles. The van der Waals surface area contributed by atoms with Gasteiger partial charge in [0.15, 0.2) is 0 Å². The van der Waals surface area contributed by atoms with Crippen LogP contribution in [0.25, 0.3) is 0 Å². The molecule has 0 aliphatic rings. The van der Waals surface area contributed by atoms with Gasteiger partial charge in [-0.3, -0.25) is 0 Å². The summed E-state index contributed by atoms with van der Waals surface area (Å²) in [6.07, 6.45) is 0. The van der Waals surface area contributed by atoms with Crippen molar-refractivity contribution >= 4 is 11.6 Å². The topological polar surface area (TPSA) is 12.0 Å². The van der Waals surface area contributed by atoms with Crippen LogP contribution >= 0.6 is 11.6 Å². The van der Waals surface area contributed by atoms with Crippen LogP contribution in [0.3, 0.4) is 0 Å². The van der Waals surface area contributed by atoms with E-state index in [0.717, 1.165) is 0 Å². The predicted molar refractivity (Wildman–Crippen MR) is 48.9 cm³/mol. The van der Waals surface area contributed by atoms with Gasteiger partial charge in [0.2, 0.25) is 0 Å². The van der Waals surface area contributed by atoms with Crippen LogP contribution in [0.4, 0.5) is 4.39 Å². The molecule has 0 saturated carbocycles. The minimum Gasteiger partial charge on any atom is -0.313 e.